The van der Waals surface area contributed by atoms with Gasteiger partial charge in [-0.25, -0.2) is 4.79 Å². The Balaban J connectivity index is 2.09. The molecule has 4 N–H and O–H groups in total. The number of benzene rings is 2. The molecule has 0 bridgehead atoms. The minimum Gasteiger partial charge on any atom is -0.497 e. The van der Waals surface area contributed by atoms with Crippen molar-refractivity contribution in [2.45, 2.75) is 0 Å². The molecular weight excluding hydrogens is 270 g/mol. The lowest BCUT2D eigenvalue weighted by atomic mass is 10.2. The van der Waals surface area contributed by atoms with E-state index in [1.165, 1.54) is 0 Å². The number of carbonyl (C=O) groups excluding carboxylic acids is 2. The standard InChI is InChI=1S/C15H15N3O3/c1-21-13-7-5-10(6-8-13)14(19)17-11-3-2-4-12(9-11)18-15(16)20/h2-9H,1H3,(H,17,19)(H3,16,18,20). The molecule has 0 aromatic heterocycles. The Bertz CT molecular complexity index is 653. The van der Waals surface area contributed by atoms with Crippen molar-refractivity contribution in [3.05, 3.63) is 54.1 Å². The molecule has 0 aliphatic carbocycles. The number of amides is 3. The summed E-state index contributed by atoms with van der Waals surface area (Å²) in [5.41, 5.74) is 6.62. The van der Waals surface area contributed by atoms with Gasteiger partial charge in [0.05, 0.1) is 7.11 Å². The quantitative estimate of drug-likeness (QED) is 0.805. The summed E-state index contributed by atoms with van der Waals surface area (Å²) in [7, 11) is 1.56. The largest absolute Gasteiger partial charge is 0.497 e. The van der Waals surface area contributed by atoms with E-state index in [2.05, 4.69) is 10.6 Å². The monoisotopic (exact) mass is 285 g/mol. The molecule has 108 valence electrons. The third-order valence-electron chi connectivity index (χ3n) is 2.74. The van der Waals surface area contributed by atoms with Crippen LogP contribution in [-0.2, 0) is 0 Å². The van der Waals surface area contributed by atoms with Gasteiger partial charge in [0.15, 0.2) is 0 Å². The van der Waals surface area contributed by atoms with Gasteiger partial charge >= 0.3 is 6.03 Å². The predicted octanol–water partition coefficient (Wildman–Crippen LogP) is 2.44. The van der Waals surface area contributed by atoms with Crippen LogP contribution in [0.2, 0.25) is 0 Å². The fraction of sp³-hybridized carbons (Fsp3) is 0.0667. The molecule has 0 fully saturated rings. The first-order valence-corrected chi connectivity index (χ1v) is 6.20. The average Bonchev–Trinajstić information content (AvgIpc) is 2.47. The molecule has 0 atom stereocenters. The molecule has 0 radical (unpaired) electrons. The van der Waals surface area contributed by atoms with E-state index in [0.29, 0.717) is 22.7 Å². The minimum atomic E-state index is -0.659. The van der Waals surface area contributed by atoms with Crippen molar-refractivity contribution in [1.29, 1.82) is 0 Å². The summed E-state index contributed by atoms with van der Waals surface area (Å²) in [6.07, 6.45) is 0. The second kappa shape index (κ2) is 6.42. The minimum absolute atomic E-state index is 0.256. The first kappa shape index (κ1) is 14.4. The van der Waals surface area contributed by atoms with E-state index in [9.17, 15) is 9.59 Å². The fourth-order valence-corrected chi connectivity index (χ4v) is 1.76. The fourth-order valence-electron chi connectivity index (χ4n) is 1.76. The smallest absolute Gasteiger partial charge is 0.316 e. The Kier molecular flexibility index (Phi) is 4.40. The Labute approximate surface area is 121 Å². The van der Waals surface area contributed by atoms with Gasteiger partial charge in [-0.1, -0.05) is 6.07 Å². The molecule has 2 rings (SSSR count). The van der Waals surface area contributed by atoms with Gasteiger partial charge in [-0.2, -0.15) is 0 Å². The van der Waals surface area contributed by atoms with E-state index in [0.717, 1.165) is 0 Å². The SMILES string of the molecule is COc1ccc(C(=O)Nc2cccc(NC(N)=O)c2)cc1. The van der Waals surface area contributed by atoms with Crippen LogP contribution in [0.3, 0.4) is 0 Å². The molecule has 2 aromatic rings. The highest BCUT2D eigenvalue weighted by atomic mass is 16.5. The molecule has 0 aliphatic heterocycles. The second-order valence-corrected chi connectivity index (χ2v) is 4.25. The number of nitrogens with two attached hydrogens (primary N) is 1. The summed E-state index contributed by atoms with van der Waals surface area (Å²) in [5, 5.41) is 5.18. The Morgan fingerprint density at radius 1 is 1.00 bits per heavy atom. The van der Waals surface area contributed by atoms with Crippen LogP contribution in [0.5, 0.6) is 5.75 Å². The number of ether oxygens (including phenoxy) is 1. The van der Waals surface area contributed by atoms with Crippen molar-refractivity contribution in [3.63, 3.8) is 0 Å². The van der Waals surface area contributed by atoms with Gasteiger partial charge in [0.1, 0.15) is 5.75 Å². The molecule has 0 saturated carbocycles. The molecule has 0 aliphatic rings. The molecule has 0 spiro atoms. The van der Waals surface area contributed by atoms with Crippen LogP contribution in [0.1, 0.15) is 10.4 Å². The summed E-state index contributed by atoms with van der Waals surface area (Å²) in [5.74, 6) is 0.424. The zero-order valence-corrected chi connectivity index (χ0v) is 11.4. The normalized spacial score (nSPS) is 9.76. The zero-order valence-electron chi connectivity index (χ0n) is 11.4. The van der Waals surface area contributed by atoms with Crippen molar-refractivity contribution in [2.75, 3.05) is 17.7 Å². The number of anilines is 2. The van der Waals surface area contributed by atoms with Gasteiger partial charge < -0.3 is 21.1 Å². The number of methoxy groups -OCH3 is 1. The van der Waals surface area contributed by atoms with Crippen LogP contribution >= 0.6 is 0 Å². The highest BCUT2D eigenvalue weighted by Gasteiger charge is 2.07. The number of primary amides is 1. The van der Waals surface area contributed by atoms with Crippen molar-refractivity contribution in [3.8, 4) is 5.75 Å². The zero-order chi connectivity index (χ0) is 15.2. The van der Waals surface area contributed by atoms with Crippen molar-refractivity contribution in [1.82, 2.24) is 0 Å². The first-order valence-electron chi connectivity index (χ1n) is 6.20. The van der Waals surface area contributed by atoms with Crippen LogP contribution in [0.4, 0.5) is 16.2 Å². The van der Waals surface area contributed by atoms with Gasteiger partial charge in [0.2, 0.25) is 0 Å². The van der Waals surface area contributed by atoms with Crippen LogP contribution in [-0.4, -0.2) is 19.0 Å². The van der Waals surface area contributed by atoms with E-state index >= 15 is 0 Å². The van der Waals surface area contributed by atoms with Crippen molar-refractivity contribution in [2.24, 2.45) is 5.73 Å². The maximum absolute atomic E-state index is 12.1. The van der Waals surface area contributed by atoms with Crippen LogP contribution in [0, 0.1) is 0 Å². The predicted molar refractivity (Wildman–Crippen MR) is 80.6 cm³/mol. The highest BCUT2D eigenvalue weighted by Crippen LogP contribution is 2.17. The molecule has 6 nitrogen and oxygen atoms in total. The van der Waals surface area contributed by atoms with E-state index in [-0.39, 0.29) is 5.91 Å². The van der Waals surface area contributed by atoms with E-state index in [1.807, 2.05) is 0 Å². The lowest BCUT2D eigenvalue weighted by molar-refractivity contribution is 0.102. The third-order valence-corrected chi connectivity index (χ3v) is 2.74. The summed E-state index contributed by atoms with van der Waals surface area (Å²) in [6.45, 7) is 0. The second-order valence-electron chi connectivity index (χ2n) is 4.25. The van der Waals surface area contributed by atoms with E-state index in [1.54, 1.807) is 55.6 Å². The molecule has 3 amide bonds. The maximum atomic E-state index is 12.1. The topological polar surface area (TPSA) is 93.4 Å². The first-order chi connectivity index (χ1) is 10.1. The van der Waals surface area contributed by atoms with Gasteiger partial charge in [-0.3, -0.25) is 4.79 Å². The Hall–Kier alpha value is -3.02. The van der Waals surface area contributed by atoms with E-state index < -0.39 is 6.03 Å². The molecule has 6 heteroatoms. The summed E-state index contributed by atoms with van der Waals surface area (Å²) < 4.78 is 5.04. The summed E-state index contributed by atoms with van der Waals surface area (Å²) in [4.78, 5) is 22.9. The van der Waals surface area contributed by atoms with Crippen LogP contribution in [0.25, 0.3) is 0 Å². The molecule has 0 heterocycles. The van der Waals surface area contributed by atoms with Gasteiger partial charge in [0, 0.05) is 16.9 Å². The lowest BCUT2D eigenvalue weighted by Crippen LogP contribution is -2.19. The van der Waals surface area contributed by atoms with Gasteiger partial charge in [-0.15, -0.1) is 0 Å². The lowest BCUT2D eigenvalue weighted by Gasteiger charge is -2.08. The maximum Gasteiger partial charge on any atom is 0.316 e. The third kappa shape index (κ3) is 3.97. The number of hydrogen-bond donors (Lipinski definition) is 3. The Morgan fingerprint density at radius 3 is 2.19 bits per heavy atom. The number of nitrogens with one attached hydrogen (secondary N) is 2. The molecule has 0 unspecified atom stereocenters. The molecule has 21 heavy (non-hydrogen) atoms. The highest BCUT2D eigenvalue weighted by molar-refractivity contribution is 6.04. The van der Waals surface area contributed by atoms with Crippen molar-refractivity contribution < 1.29 is 14.3 Å². The van der Waals surface area contributed by atoms with Gasteiger partial charge in [-0.05, 0) is 42.5 Å². The van der Waals surface area contributed by atoms with Crippen molar-refractivity contribution >= 4 is 23.3 Å². The van der Waals surface area contributed by atoms with Gasteiger partial charge in [0.25, 0.3) is 5.91 Å². The van der Waals surface area contributed by atoms with E-state index in [4.69, 9.17) is 10.5 Å². The molecule has 2 aromatic carbocycles. The molecular formula is C15H15N3O3. The number of carbonyl (C=O) groups is 2. The summed E-state index contributed by atoms with van der Waals surface area (Å²) in [6, 6.07) is 12.8. The number of urea groups is 1. The molecule has 0 saturated heterocycles. The van der Waals surface area contributed by atoms with Crippen LogP contribution < -0.4 is 21.1 Å². The number of rotatable bonds is 4. The number of hydrogen-bond acceptors (Lipinski definition) is 3. The summed E-state index contributed by atoms with van der Waals surface area (Å²) >= 11 is 0. The average molecular weight is 285 g/mol. The van der Waals surface area contributed by atoms with Crippen LogP contribution in [0.15, 0.2) is 48.5 Å². The Morgan fingerprint density at radius 2 is 1.62 bits per heavy atom.